The van der Waals surface area contributed by atoms with Gasteiger partial charge in [-0.25, -0.2) is 4.79 Å². The molecule has 0 radical (unpaired) electrons. The fourth-order valence-electron chi connectivity index (χ4n) is 3.82. The zero-order valence-corrected chi connectivity index (χ0v) is 18.8. The summed E-state index contributed by atoms with van der Waals surface area (Å²) in [7, 11) is 0. The Morgan fingerprint density at radius 1 is 0.941 bits per heavy atom. The Bertz CT molecular complexity index is 1100. The third-order valence-corrected chi connectivity index (χ3v) is 5.47. The van der Waals surface area contributed by atoms with Crippen molar-refractivity contribution in [3.8, 4) is 11.5 Å². The number of carbonyl (C=O) groups excluding carboxylic acids is 2. The van der Waals surface area contributed by atoms with E-state index in [1.54, 1.807) is 6.07 Å². The molecule has 1 unspecified atom stereocenters. The number of benzene rings is 3. The van der Waals surface area contributed by atoms with E-state index in [1.165, 1.54) is 0 Å². The number of hydrogen-bond donors (Lipinski definition) is 3. The summed E-state index contributed by atoms with van der Waals surface area (Å²) < 4.78 is 11.3. The quantitative estimate of drug-likeness (QED) is 0.470. The van der Waals surface area contributed by atoms with Crippen LogP contribution in [-0.4, -0.2) is 38.2 Å². The van der Waals surface area contributed by atoms with Gasteiger partial charge in [-0.2, -0.15) is 0 Å². The Balaban J connectivity index is 1.41. The average Bonchev–Trinajstić information content (AvgIpc) is 2.85. The first-order valence-corrected chi connectivity index (χ1v) is 11.2. The highest BCUT2D eigenvalue weighted by molar-refractivity contribution is 5.91. The summed E-state index contributed by atoms with van der Waals surface area (Å²) in [4.78, 5) is 26.6. The number of amides is 3. The van der Waals surface area contributed by atoms with Crippen molar-refractivity contribution in [2.75, 3.05) is 36.5 Å². The summed E-state index contributed by atoms with van der Waals surface area (Å²) in [6.07, 6.45) is 0.0168. The van der Waals surface area contributed by atoms with Gasteiger partial charge in [0.1, 0.15) is 11.5 Å². The van der Waals surface area contributed by atoms with Crippen LogP contribution in [0.15, 0.2) is 78.9 Å². The fraction of sp³-hybridized carbons (Fsp3) is 0.231. The van der Waals surface area contributed by atoms with E-state index in [2.05, 4.69) is 15.5 Å². The number of nitrogens with two attached hydrogens (primary N) is 1. The van der Waals surface area contributed by atoms with Gasteiger partial charge in [0.15, 0.2) is 0 Å². The Morgan fingerprint density at radius 2 is 1.65 bits per heavy atom. The molecule has 3 aromatic rings. The Kier molecular flexibility index (Phi) is 7.62. The van der Waals surface area contributed by atoms with Crippen molar-refractivity contribution in [3.05, 3.63) is 84.4 Å². The number of ether oxygens (including phenoxy) is 2. The molecule has 0 spiro atoms. The smallest absolute Gasteiger partial charge is 0.312 e. The van der Waals surface area contributed by atoms with Crippen LogP contribution in [-0.2, 0) is 9.53 Å². The maximum Gasteiger partial charge on any atom is 0.312 e. The van der Waals surface area contributed by atoms with E-state index in [9.17, 15) is 9.59 Å². The summed E-state index contributed by atoms with van der Waals surface area (Å²) in [5.74, 6) is 1.05. The van der Waals surface area contributed by atoms with Gasteiger partial charge in [-0.3, -0.25) is 4.79 Å². The highest BCUT2D eigenvalue weighted by Crippen LogP contribution is 2.26. The van der Waals surface area contributed by atoms with Crippen LogP contribution in [0.4, 0.5) is 16.2 Å². The molecule has 1 heterocycles. The number of hydrogen-bond acceptors (Lipinski definition) is 5. The summed E-state index contributed by atoms with van der Waals surface area (Å²) in [6.45, 7) is 3.12. The van der Waals surface area contributed by atoms with E-state index in [1.807, 2.05) is 72.8 Å². The van der Waals surface area contributed by atoms with Gasteiger partial charge in [-0.15, -0.1) is 0 Å². The molecule has 3 aromatic carbocycles. The van der Waals surface area contributed by atoms with Crippen molar-refractivity contribution < 1.29 is 19.1 Å². The molecule has 0 aromatic heterocycles. The number of primary amides is 1. The van der Waals surface area contributed by atoms with Crippen LogP contribution in [0.2, 0.25) is 0 Å². The number of nitrogens with one attached hydrogen (secondary N) is 2. The van der Waals surface area contributed by atoms with Crippen molar-refractivity contribution in [1.82, 2.24) is 5.32 Å². The Hall–Kier alpha value is -4.04. The van der Waals surface area contributed by atoms with E-state index in [4.69, 9.17) is 15.2 Å². The number of para-hydroxylation sites is 1. The lowest BCUT2D eigenvalue weighted by molar-refractivity contribution is -0.116. The van der Waals surface area contributed by atoms with Gasteiger partial charge in [0.2, 0.25) is 5.91 Å². The van der Waals surface area contributed by atoms with E-state index in [-0.39, 0.29) is 12.3 Å². The van der Waals surface area contributed by atoms with Crippen LogP contribution in [0.5, 0.6) is 11.5 Å². The first-order valence-electron chi connectivity index (χ1n) is 11.2. The van der Waals surface area contributed by atoms with Crippen LogP contribution in [0.3, 0.4) is 0 Å². The van der Waals surface area contributed by atoms with Gasteiger partial charge in [0, 0.05) is 24.5 Å². The highest BCUT2D eigenvalue weighted by Gasteiger charge is 2.19. The molecule has 4 rings (SSSR count). The molecular formula is C26H28N4O4. The van der Waals surface area contributed by atoms with Crippen LogP contribution in [0, 0.1) is 0 Å². The minimum Gasteiger partial charge on any atom is -0.457 e. The summed E-state index contributed by atoms with van der Waals surface area (Å²) in [6, 6.07) is 23.0. The predicted molar refractivity (Wildman–Crippen MR) is 131 cm³/mol. The second-order valence-electron chi connectivity index (χ2n) is 7.95. The zero-order chi connectivity index (χ0) is 23.8. The standard InChI is InChI=1S/C26H28N4O4/c27-26(32)29-24(19-5-4-8-23(17-19)34-22-6-2-1-3-7-22)18-25(31)28-20-9-11-21(12-10-20)30-13-15-33-16-14-30/h1-12,17,24H,13-16,18H2,(H,28,31)(H3,27,29,32). The minimum absolute atomic E-state index is 0.0168. The molecule has 1 aliphatic rings. The van der Waals surface area contributed by atoms with Gasteiger partial charge in [0.25, 0.3) is 0 Å². The largest absolute Gasteiger partial charge is 0.457 e. The molecular weight excluding hydrogens is 432 g/mol. The molecule has 1 atom stereocenters. The van der Waals surface area contributed by atoms with Crippen molar-refractivity contribution in [2.24, 2.45) is 5.73 Å². The molecule has 176 valence electrons. The average molecular weight is 461 g/mol. The van der Waals surface area contributed by atoms with E-state index in [0.29, 0.717) is 36.0 Å². The topological polar surface area (TPSA) is 106 Å². The Morgan fingerprint density at radius 3 is 2.35 bits per heavy atom. The molecule has 8 heteroatoms. The first-order chi connectivity index (χ1) is 16.6. The summed E-state index contributed by atoms with van der Waals surface area (Å²) in [5.41, 5.74) is 7.86. The van der Waals surface area contributed by atoms with Crippen LogP contribution < -0.4 is 26.0 Å². The normalized spacial score (nSPS) is 14.2. The van der Waals surface area contributed by atoms with Gasteiger partial charge < -0.3 is 30.7 Å². The molecule has 0 saturated carbocycles. The lowest BCUT2D eigenvalue weighted by atomic mass is 10.0. The second kappa shape index (κ2) is 11.2. The molecule has 0 bridgehead atoms. The van der Waals surface area contributed by atoms with Crippen molar-refractivity contribution in [2.45, 2.75) is 12.5 Å². The van der Waals surface area contributed by atoms with Crippen LogP contribution in [0.25, 0.3) is 0 Å². The van der Waals surface area contributed by atoms with Gasteiger partial charge >= 0.3 is 6.03 Å². The van der Waals surface area contributed by atoms with E-state index >= 15 is 0 Å². The number of rotatable bonds is 8. The number of anilines is 2. The number of morpholine rings is 1. The fourth-order valence-corrected chi connectivity index (χ4v) is 3.82. The van der Waals surface area contributed by atoms with Gasteiger partial charge in [-0.05, 0) is 54.1 Å². The second-order valence-corrected chi connectivity index (χ2v) is 7.95. The zero-order valence-electron chi connectivity index (χ0n) is 18.8. The number of carbonyl (C=O) groups is 2. The van der Waals surface area contributed by atoms with E-state index in [0.717, 1.165) is 18.8 Å². The minimum atomic E-state index is -0.706. The monoisotopic (exact) mass is 460 g/mol. The third-order valence-electron chi connectivity index (χ3n) is 5.47. The SMILES string of the molecule is NC(=O)NC(CC(=O)Nc1ccc(N2CCOCC2)cc1)c1cccc(Oc2ccccc2)c1. The number of urea groups is 1. The first kappa shape index (κ1) is 23.1. The van der Waals surface area contributed by atoms with Crippen LogP contribution in [0.1, 0.15) is 18.0 Å². The van der Waals surface area contributed by atoms with Crippen molar-refractivity contribution >= 4 is 23.3 Å². The molecule has 1 fully saturated rings. The lowest BCUT2D eigenvalue weighted by Crippen LogP contribution is -2.36. The van der Waals surface area contributed by atoms with Crippen molar-refractivity contribution in [1.29, 1.82) is 0 Å². The maximum atomic E-state index is 12.8. The molecule has 3 amide bonds. The van der Waals surface area contributed by atoms with Gasteiger partial charge in [0.05, 0.1) is 25.7 Å². The summed E-state index contributed by atoms with van der Waals surface area (Å²) >= 11 is 0. The van der Waals surface area contributed by atoms with Crippen molar-refractivity contribution in [3.63, 3.8) is 0 Å². The lowest BCUT2D eigenvalue weighted by Gasteiger charge is -2.28. The molecule has 1 saturated heterocycles. The summed E-state index contributed by atoms with van der Waals surface area (Å²) in [5, 5.41) is 5.55. The molecule has 0 aliphatic carbocycles. The Labute approximate surface area is 198 Å². The molecule has 34 heavy (non-hydrogen) atoms. The maximum absolute atomic E-state index is 12.8. The molecule has 8 nitrogen and oxygen atoms in total. The highest BCUT2D eigenvalue weighted by atomic mass is 16.5. The van der Waals surface area contributed by atoms with E-state index < -0.39 is 12.1 Å². The number of nitrogens with zero attached hydrogens (tertiary/aromatic N) is 1. The molecule has 4 N–H and O–H groups in total. The predicted octanol–water partition coefficient (Wildman–Crippen LogP) is 4.05. The van der Waals surface area contributed by atoms with Crippen LogP contribution >= 0.6 is 0 Å². The van der Waals surface area contributed by atoms with Gasteiger partial charge in [-0.1, -0.05) is 30.3 Å². The third kappa shape index (κ3) is 6.49. The molecule has 1 aliphatic heterocycles.